The standard InChI is InChI=1S/C29H31FN2O3S/c1-19-17-26(22-13-14-28(27(30)18-22)31-24-9-7-8-10-24)20(2)15-23(19)16-21(3)29(33)32-36(34,35)25-11-5-4-6-12-25/h4-6,11-18,24,31H,7-10H2,1-3H3,(H,32,33). The van der Waals surface area contributed by atoms with Gasteiger partial charge in [0.25, 0.3) is 15.9 Å². The van der Waals surface area contributed by atoms with Crippen molar-refractivity contribution in [2.24, 2.45) is 0 Å². The minimum absolute atomic E-state index is 0.0271. The van der Waals surface area contributed by atoms with Crippen LogP contribution in [0.1, 0.15) is 49.3 Å². The molecule has 0 bridgehead atoms. The Balaban J connectivity index is 1.53. The van der Waals surface area contributed by atoms with Gasteiger partial charge >= 0.3 is 0 Å². The molecule has 0 heterocycles. The highest BCUT2D eigenvalue weighted by Crippen LogP contribution is 2.31. The van der Waals surface area contributed by atoms with Crippen molar-refractivity contribution in [2.45, 2.75) is 57.4 Å². The van der Waals surface area contributed by atoms with Gasteiger partial charge in [0, 0.05) is 11.6 Å². The molecule has 3 aromatic rings. The van der Waals surface area contributed by atoms with Crippen LogP contribution in [0, 0.1) is 19.7 Å². The third kappa shape index (κ3) is 5.85. The number of carbonyl (C=O) groups excluding carboxylic acids is 1. The number of hydrogen-bond donors (Lipinski definition) is 2. The summed E-state index contributed by atoms with van der Waals surface area (Å²) in [4.78, 5) is 12.6. The molecule has 4 rings (SSSR count). The molecular formula is C29H31FN2O3S. The predicted octanol–water partition coefficient (Wildman–Crippen LogP) is 6.37. The Bertz CT molecular complexity index is 1410. The highest BCUT2D eigenvalue weighted by atomic mass is 32.2. The Hall–Kier alpha value is -3.45. The number of halogens is 1. The summed E-state index contributed by atoms with van der Waals surface area (Å²) >= 11 is 0. The normalized spacial score (nSPS) is 14.6. The molecule has 1 aliphatic rings. The van der Waals surface area contributed by atoms with Crippen molar-refractivity contribution >= 4 is 27.7 Å². The number of aryl methyl sites for hydroxylation is 2. The fraction of sp³-hybridized carbons (Fsp3) is 0.276. The maximum atomic E-state index is 14.9. The molecule has 0 aliphatic heterocycles. The van der Waals surface area contributed by atoms with Crippen LogP contribution < -0.4 is 10.0 Å². The Morgan fingerprint density at radius 3 is 2.33 bits per heavy atom. The SMILES string of the molecule is CC(=Cc1cc(C)c(-c2ccc(NC3CCCC3)c(F)c2)cc1C)C(=O)NS(=O)(=O)c1ccccc1. The molecule has 1 fully saturated rings. The van der Waals surface area contributed by atoms with E-state index in [1.807, 2.05) is 32.0 Å². The van der Waals surface area contributed by atoms with Crippen molar-refractivity contribution in [1.82, 2.24) is 4.72 Å². The maximum Gasteiger partial charge on any atom is 0.264 e. The van der Waals surface area contributed by atoms with E-state index in [0.29, 0.717) is 11.7 Å². The lowest BCUT2D eigenvalue weighted by molar-refractivity contribution is -0.115. The minimum Gasteiger partial charge on any atom is -0.380 e. The van der Waals surface area contributed by atoms with Crippen LogP contribution in [0.5, 0.6) is 0 Å². The van der Waals surface area contributed by atoms with Gasteiger partial charge in [-0.2, -0.15) is 0 Å². The van der Waals surface area contributed by atoms with E-state index in [4.69, 9.17) is 0 Å². The molecule has 0 atom stereocenters. The second-order valence-corrected chi connectivity index (χ2v) is 11.1. The van der Waals surface area contributed by atoms with Crippen molar-refractivity contribution in [2.75, 3.05) is 5.32 Å². The lowest BCUT2D eigenvalue weighted by Crippen LogP contribution is -2.31. The fourth-order valence-corrected chi connectivity index (χ4v) is 5.59. The van der Waals surface area contributed by atoms with E-state index in [2.05, 4.69) is 10.0 Å². The molecule has 1 saturated carbocycles. The molecule has 0 saturated heterocycles. The van der Waals surface area contributed by atoms with Gasteiger partial charge in [-0.3, -0.25) is 4.79 Å². The quantitative estimate of drug-likeness (QED) is 0.365. The largest absolute Gasteiger partial charge is 0.380 e. The first-order valence-electron chi connectivity index (χ1n) is 12.1. The van der Waals surface area contributed by atoms with E-state index in [-0.39, 0.29) is 16.3 Å². The van der Waals surface area contributed by atoms with Crippen LogP contribution in [0.15, 0.2) is 71.1 Å². The summed E-state index contributed by atoms with van der Waals surface area (Å²) in [6.45, 7) is 5.42. The molecule has 7 heteroatoms. The van der Waals surface area contributed by atoms with Gasteiger partial charge in [0.2, 0.25) is 0 Å². The smallest absolute Gasteiger partial charge is 0.264 e. The second kappa shape index (κ2) is 10.7. The molecule has 188 valence electrons. The van der Waals surface area contributed by atoms with Gasteiger partial charge in [0.1, 0.15) is 5.82 Å². The molecule has 0 spiro atoms. The minimum atomic E-state index is -3.95. The highest BCUT2D eigenvalue weighted by Gasteiger charge is 2.19. The van der Waals surface area contributed by atoms with Gasteiger partial charge in [0.05, 0.1) is 10.6 Å². The number of rotatable bonds is 7. The molecule has 36 heavy (non-hydrogen) atoms. The van der Waals surface area contributed by atoms with Crippen LogP contribution in [-0.2, 0) is 14.8 Å². The number of anilines is 1. The highest BCUT2D eigenvalue weighted by molar-refractivity contribution is 7.90. The van der Waals surface area contributed by atoms with Crippen molar-refractivity contribution < 1.29 is 17.6 Å². The van der Waals surface area contributed by atoms with E-state index in [1.165, 1.54) is 25.0 Å². The van der Waals surface area contributed by atoms with E-state index in [9.17, 15) is 17.6 Å². The Morgan fingerprint density at radius 1 is 0.972 bits per heavy atom. The van der Waals surface area contributed by atoms with E-state index in [1.54, 1.807) is 43.3 Å². The molecular weight excluding hydrogens is 475 g/mol. The summed E-state index contributed by atoms with van der Waals surface area (Å²) in [7, 11) is -3.95. The van der Waals surface area contributed by atoms with Crippen molar-refractivity contribution in [3.05, 3.63) is 88.7 Å². The zero-order valence-corrected chi connectivity index (χ0v) is 21.6. The van der Waals surface area contributed by atoms with Crippen molar-refractivity contribution in [3.63, 3.8) is 0 Å². The zero-order valence-electron chi connectivity index (χ0n) is 20.8. The molecule has 2 N–H and O–H groups in total. The van der Waals surface area contributed by atoms with Crippen LogP contribution in [0.25, 0.3) is 17.2 Å². The van der Waals surface area contributed by atoms with Crippen molar-refractivity contribution in [3.8, 4) is 11.1 Å². The number of benzene rings is 3. The predicted molar refractivity (Wildman–Crippen MR) is 143 cm³/mol. The molecule has 3 aromatic carbocycles. The third-order valence-corrected chi connectivity index (χ3v) is 7.97. The number of sulfonamides is 1. The first kappa shape index (κ1) is 25.6. The molecule has 0 unspecified atom stereocenters. The van der Waals surface area contributed by atoms with E-state index in [0.717, 1.165) is 40.7 Å². The number of carbonyl (C=O) groups is 1. The van der Waals surface area contributed by atoms with Crippen LogP contribution in [0.3, 0.4) is 0 Å². The maximum absolute atomic E-state index is 14.9. The summed E-state index contributed by atoms with van der Waals surface area (Å²) in [5.41, 5.74) is 5.09. The van der Waals surface area contributed by atoms with Crippen LogP contribution in [-0.4, -0.2) is 20.4 Å². The summed E-state index contributed by atoms with van der Waals surface area (Å²) in [6, 6.07) is 17.3. The molecule has 0 aromatic heterocycles. The average Bonchev–Trinajstić information content (AvgIpc) is 3.36. The summed E-state index contributed by atoms with van der Waals surface area (Å²) in [6.07, 6.45) is 6.17. The zero-order chi connectivity index (χ0) is 25.9. The molecule has 5 nitrogen and oxygen atoms in total. The summed E-state index contributed by atoms with van der Waals surface area (Å²) in [5.74, 6) is -0.958. The van der Waals surface area contributed by atoms with Crippen LogP contribution in [0.2, 0.25) is 0 Å². The van der Waals surface area contributed by atoms with Crippen molar-refractivity contribution in [1.29, 1.82) is 0 Å². The number of amides is 1. The van der Waals surface area contributed by atoms with Gasteiger partial charge in [0.15, 0.2) is 0 Å². The van der Waals surface area contributed by atoms with Crippen LogP contribution >= 0.6 is 0 Å². The average molecular weight is 507 g/mol. The third-order valence-electron chi connectivity index (χ3n) is 6.62. The van der Waals surface area contributed by atoms with Gasteiger partial charge in [-0.15, -0.1) is 0 Å². The molecule has 1 aliphatic carbocycles. The Kier molecular flexibility index (Phi) is 7.59. The van der Waals surface area contributed by atoms with E-state index < -0.39 is 15.9 Å². The first-order chi connectivity index (χ1) is 17.1. The van der Waals surface area contributed by atoms with Gasteiger partial charge in [-0.1, -0.05) is 49.2 Å². The fourth-order valence-electron chi connectivity index (χ4n) is 4.55. The van der Waals surface area contributed by atoms with Gasteiger partial charge < -0.3 is 5.32 Å². The number of hydrogen-bond acceptors (Lipinski definition) is 4. The summed E-state index contributed by atoms with van der Waals surface area (Å²) in [5, 5.41) is 3.32. The lowest BCUT2D eigenvalue weighted by atomic mass is 9.94. The molecule has 0 radical (unpaired) electrons. The number of nitrogens with one attached hydrogen (secondary N) is 2. The second-order valence-electron chi connectivity index (χ2n) is 9.42. The monoisotopic (exact) mass is 506 g/mol. The van der Waals surface area contributed by atoms with E-state index >= 15 is 0 Å². The topological polar surface area (TPSA) is 75.3 Å². The van der Waals surface area contributed by atoms with Crippen LogP contribution in [0.4, 0.5) is 10.1 Å². The summed E-state index contributed by atoms with van der Waals surface area (Å²) < 4.78 is 41.9. The van der Waals surface area contributed by atoms with Gasteiger partial charge in [-0.05, 0) is 91.8 Å². The Labute approximate surface area is 212 Å². The molecule has 1 amide bonds. The first-order valence-corrected chi connectivity index (χ1v) is 13.6. The Morgan fingerprint density at radius 2 is 1.67 bits per heavy atom. The van der Waals surface area contributed by atoms with Gasteiger partial charge in [-0.25, -0.2) is 17.5 Å². The lowest BCUT2D eigenvalue weighted by Gasteiger charge is -2.16.